The summed E-state index contributed by atoms with van der Waals surface area (Å²) in [5.41, 5.74) is 1.72. The van der Waals surface area contributed by atoms with Gasteiger partial charge in [-0.25, -0.2) is 19.2 Å². The second-order valence-electron chi connectivity index (χ2n) is 5.04. The zero-order chi connectivity index (χ0) is 15.6. The molecule has 6 heteroatoms. The fraction of sp³-hybridized carbons (Fsp3) is 0.267. The number of benzene rings is 1. The molecule has 1 heterocycles. The van der Waals surface area contributed by atoms with Crippen LogP contribution < -0.4 is 5.32 Å². The number of carboxylic acids is 1. The molecule has 1 aromatic carbocycles. The van der Waals surface area contributed by atoms with Gasteiger partial charge in [-0.2, -0.15) is 0 Å². The lowest BCUT2D eigenvalue weighted by Crippen LogP contribution is -2.05. The number of anilines is 2. The number of nitrogens with one attached hydrogen (secondary N) is 1. The Bertz CT molecular complexity index is 687. The third-order valence-electron chi connectivity index (χ3n) is 2.92. The molecule has 21 heavy (non-hydrogen) atoms. The van der Waals surface area contributed by atoms with Gasteiger partial charge in [-0.15, -0.1) is 0 Å². The molecule has 0 radical (unpaired) electrons. The molecule has 0 bridgehead atoms. The molecule has 0 saturated carbocycles. The van der Waals surface area contributed by atoms with Crippen LogP contribution >= 0.6 is 0 Å². The lowest BCUT2D eigenvalue weighted by molar-refractivity contribution is 0.0692. The number of carboxylic acid groups (broad SMARTS) is 1. The average molecular weight is 289 g/mol. The van der Waals surface area contributed by atoms with E-state index in [0.29, 0.717) is 11.6 Å². The Balaban J connectivity index is 2.30. The van der Waals surface area contributed by atoms with Gasteiger partial charge in [0.15, 0.2) is 0 Å². The number of hydrogen-bond acceptors (Lipinski definition) is 4. The van der Waals surface area contributed by atoms with Crippen molar-refractivity contribution in [2.24, 2.45) is 0 Å². The van der Waals surface area contributed by atoms with Crippen molar-refractivity contribution < 1.29 is 14.3 Å². The first kappa shape index (κ1) is 14.9. The van der Waals surface area contributed by atoms with Crippen LogP contribution in [0, 0.1) is 12.7 Å². The van der Waals surface area contributed by atoms with E-state index in [9.17, 15) is 9.18 Å². The highest BCUT2D eigenvalue weighted by molar-refractivity contribution is 5.88. The Kier molecular flexibility index (Phi) is 4.16. The van der Waals surface area contributed by atoms with Crippen molar-refractivity contribution >= 4 is 17.6 Å². The Labute approximate surface area is 121 Å². The van der Waals surface area contributed by atoms with Crippen molar-refractivity contribution in [1.82, 2.24) is 9.97 Å². The van der Waals surface area contributed by atoms with E-state index < -0.39 is 11.8 Å². The van der Waals surface area contributed by atoms with Crippen LogP contribution in [0.5, 0.6) is 0 Å². The molecule has 5 nitrogen and oxygen atoms in total. The molecule has 110 valence electrons. The maximum Gasteiger partial charge on any atom is 0.338 e. The molecule has 2 aromatic rings. The summed E-state index contributed by atoms with van der Waals surface area (Å²) >= 11 is 0. The van der Waals surface area contributed by atoms with E-state index >= 15 is 0 Å². The van der Waals surface area contributed by atoms with Crippen LogP contribution in [0.4, 0.5) is 16.0 Å². The number of aromatic carboxylic acids is 1. The molecular weight excluding hydrogens is 273 g/mol. The molecule has 0 amide bonds. The highest BCUT2D eigenvalue weighted by Crippen LogP contribution is 2.20. The molecular formula is C15H16FN3O2. The van der Waals surface area contributed by atoms with Gasteiger partial charge in [0.25, 0.3) is 0 Å². The topological polar surface area (TPSA) is 75.1 Å². The summed E-state index contributed by atoms with van der Waals surface area (Å²) < 4.78 is 13.6. The Morgan fingerprint density at radius 1 is 1.29 bits per heavy atom. The molecule has 0 unspecified atom stereocenters. The second-order valence-corrected chi connectivity index (χ2v) is 5.04. The van der Waals surface area contributed by atoms with E-state index in [0.717, 1.165) is 17.5 Å². The molecule has 2 rings (SSSR count). The summed E-state index contributed by atoms with van der Waals surface area (Å²) in [6, 6.07) is 5.70. The highest BCUT2D eigenvalue weighted by Gasteiger charge is 2.11. The van der Waals surface area contributed by atoms with Crippen molar-refractivity contribution in [3.05, 3.63) is 47.0 Å². The van der Waals surface area contributed by atoms with E-state index in [-0.39, 0.29) is 11.5 Å². The van der Waals surface area contributed by atoms with Gasteiger partial charge in [-0.1, -0.05) is 13.8 Å². The van der Waals surface area contributed by atoms with E-state index in [1.54, 1.807) is 0 Å². The van der Waals surface area contributed by atoms with Crippen molar-refractivity contribution in [3.63, 3.8) is 0 Å². The first-order valence-corrected chi connectivity index (χ1v) is 6.52. The lowest BCUT2D eigenvalue weighted by Gasteiger charge is -2.10. The van der Waals surface area contributed by atoms with Gasteiger partial charge >= 0.3 is 5.97 Å². The zero-order valence-electron chi connectivity index (χ0n) is 12.0. The summed E-state index contributed by atoms with van der Waals surface area (Å²) in [7, 11) is 0. The number of carbonyl (C=O) groups is 1. The third kappa shape index (κ3) is 3.53. The third-order valence-corrected chi connectivity index (χ3v) is 2.92. The van der Waals surface area contributed by atoms with Crippen LogP contribution in [-0.2, 0) is 0 Å². The summed E-state index contributed by atoms with van der Waals surface area (Å²) in [5.74, 6) is -1.49. The average Bonchev–Trinajstić information content (AvgIpc) is 2.37. The normalized spacial score (nSPS) is 10.7. The summed E-state index contributed by atoms with van der Waals surface area (Å²) in [4.78, 5) is 19.4. The number of nitrogens with zero attached hydrogens (tertiary/aromatic N) is 2. The van der Waals surface area contributed by atoms with Crippen molar-refractivity contribution in [1.29, 1.82) is 0 Å². The number of halogens is 1. The minimum Gasteiger partial charge on any atom is -0.478 e. The minimum atomic E-state index is -1.30. The first-order chi connectivity index (χ1) is 9.86. The molecule has 0 aliphatic rings. The fourth-order valence-corrected chi connectivity index (χ4v) is 1.84. The standard InChI is InChI=1S/C15H16FN3O2/c1-8(2)13-6-9(3)17-15(19-13)18-10-4-5-11(14(20)21)12(16)7-10/h4-8H,1-3H3,(H,20,21)(H,17,18,19). The van der Waals surface area contributed by atoms with Crippen LogP contribution in [0.25, 0.3) is 0 Å². The zero-order valence-corrected chi connectivity index (χ0v) is 12.0. The maximum absolute atomic E-state index is 13.6. The SMILES string of the molecule is Cc1cc(C(C)C)nc(Nc2ccc(C(=O)O)c(F)c2)n1. The first-order valence-electron chi connectivity index (χ1n) is 6.52. The summed E-state index contributed by atoms with van der Waals surface area (Å²) in [6.45, 7) is 5.90. The van der Waals surface area contributed by atoms with Gasteiger partial charge in [0.1, 0.15) is 5.82 Å². The summed E-state index contributed by atoms with van der Waals surface area (Å²) in [5, 5.41) is 11.7. The molecule has 1 aromatic heterocycles. The van der Waals surface area contributed by atoms with Crippen molar-refractivity contribution in [2.45, 2.75) is 26.7 Å². The molecule has 2 N–H and O–H groups in total. The van der Waals surface area contributed by atoms with E-state index in [1.807, 2.05) is 26.8 Å². The largest absolute Gasteiger partial charge is 0.478 e. The number of hydrogen-bond donors (Lipinski definition) is 2. The Morgan fingerprint density at radius 3 is 2.57 bits per heavy atom. The van der Waals surface area contributed by atoms with Gasteiger partial charge in [-0.05, 0) is 37.1 Å². The molecule has 0 aliphatic carbocycles. The van der Waals surface area contributed by atoms with Crippen LogP contribution in [0.2, 0.25) is 0 Å². The van der Waals surface area contributed by atoms with Gasteiger partial charge in [0.2, 0.25) is 5.95 Å². The lowest BCUT2D eigenvalue weighted by atomic mass is 10.1. The van der Waals surface area contributed by atoms with Gasteiger partial charge < -0.3 is 10.4 Å². The second kappa shape index (κ2) is 5.87. The smallest absolute Gasteiger partial charge is 0.338 e. The molecule has 0 spiro atoms. The van der Waals surface area contributed by atoms with E-state index in [2.05, 4.69) is 15.3 Å². The molecule has 0 saturated heterocycles. The monoisotopic (exact) mass is 289 g/mol. The number of aromatic nitrogens is 2. The predicted molar refractivity (Wildman–Crippen MR) is 77.5 cm³/mol. The summed E-state index contributed by atoms with van der Waals surface area (Å²) in [6.07, 6.45) is 0. The predicted octanol–water partition coefficient (Wildman–Crippen LogP) is 3.49. The van der Waals surface area contributed by atoms with Gasteiger partial charge in [-0.3, -0.25) is 0 Å². The maximum atomic E-state index is 13.6. The Hall–Kier alpha value is -2.50. The minimum absolute atomic E-state index is 0.248. The Morgan fingerprint density at radius 2 is 2.00 bits per heavy atom. The van der Waals surface area contributed by atoms with E-state index in [4.69, 9.17) is 5.11 Å². The molecule has 0 aliphatic heterocycles. The van der Waals surface area contributed by atoms with Crippen LogP contribution in [0.1, 0.15) is 41.5 Å². The number of aryl methyl sites for hydroxylation is 1. The fourth-order valence-electron chi connectivity index (χ4n) is 1.84. The van der Waals surface area contributed by atoms with Crippen LogP contribution in [0.3, 0.4) is 0 Å². The molecule has 0 atom stereocenters. The van der Waals surface area contributed by atoms with Gasteiger partial charge in [0.05, 0.1) is 5.56 Å². The molecule has 0 fully saturated rings. The van der Waals surface area contributed by atoms with E-state index in [1.165, 1.54) is 12.1 Å². The van der Waals surface area contributed by atoms with Crippen molar-refractivity contribution in [3.8, 4) is 0 Å². The van der Waals surface area contributed by atoms with Crippen LogP contribution in [-0.4, -0.2) is 21.0 Å². The number of rotatable bonds is 4. The van der Waals surface area contributed by atoms with Crippen molar-refractivity contribution in [2.75, 3.05) is 5.32 Å². The highest BCUT2D eigenvalue weighted by atomic mass is 19.1. The van der Waals surface area contributed by atoms with Crippen LogP contribution in [0.15, 0.2) is 24.3 Å². The quantitative estimate of drug-likeness (QED) is 0.901. The van der Waals surface area contributed by atoms with Gasteiger partial charge in [0, 0.05) is 17.1 Å².